The van der Waals surface area contributed by atoms with Crippen LogP contribution in [0.5, 0.6) is 0 Å². The molecule has 3 aromatic rings. The molecule has 0 radical (unpaired) electrons. The summed E-state index contributed by atoms with van der Waals surface area (Å²) in [5, 5.41) is 19.3. The number of hydrogen-bond donors (Lipinski definition) is 3. The SMILES string of the molecule is CN(C)CCCNc1ncnc2sc(-c3ccccc3)cc12.O=C(O)C(=O)O. The smallest absolute Gasteiger partial charge is 0.414 e. The fourth-order valence-electron chi connectivity index (χ4n) is 2.34. The molecule has 0 atom stereocenters. The van der Waals surface area contributed by atoms with E-state index in [-0.39, 0.29) is 0 Å². The highest BCUT2D eigenvalue weighted by atomic mass is 32.1. The highest BCUT2D eigenvalue weighted by Crippen LogP contribution is 2.34. The summed E-state index contributed by atoms with van der Waals surface area (Å²) in [6.45, 7) is 1.99. The first-order chi connectivity index (χ1) is 13.4. The number of carbonyl (C=O) groups is 2. The first-order valence-corrected chi connectivity index (χ1v) is 9.35. The summed E-state index contributed by atoms with van der Waals surface area (Å²) < 4.78 is 0. The van der Waals surface area contributed by atoms with Crippen LogP contribution in [-0.2, 0) is 9.59 Å². The lowest BCUT2D eigenvalue weighted by atomic mass is 10.2. The number of carboxylic acid groups (broad SMARTS) is 2. The van der Waals surface area contributed by atoms with Crippen molar-refractivity contribution in [2.75, 3.05) is 32.5 Å². The van der Waals surface area contributed by atoms with Gasteiger partial charge in [-0.3, -0.25) is 0 Å². The zero-order valence-corrected chi connectivity index (χ0v) is 16.4. The lowest BCUT2D eigenvalue weighted by molar-refractivity contribution is -0.159. The minimum absolute atomic E-state index is 0.917. The molecule has 148 valence electrons. The highest BCUT2D eigenvalue weighted by Gasteiger charge is 2.09. The van der Waals surface area contributed by atoms with E-state index in [0.717, 1.165) is 35.5 Å². The number of anilines is 1. The molecule has 0 saturated carbocycles. The van der Waals surface area contributed by atoms with Gasteiger partial charge in [-0.1, -0.05) is 30.3 Å². The molecule has 0 aliphatic rings. The maximum Gasteiger partial charge on any atom is 0.414 e. The van der Waals surface area contributed by atoms with Gasteiger partial charge in [-0.2, -0.15) is 0 Å². The van der Waals surface area contributed by atoms with E-state index in [1.165, 1.54) is 10.4 Å². The van der Waals surface area contributed by atoms with Gasteiger partial charge in [-0.25, -0.2) is 19.6 Å². The second-order valence-corrected chi connectivity index (χ2v) is 7.14. The molecule has 1 aromatic carbocycles. The molecule has 0 aliphatic heterocycles. The molecule has 3 N–H and O–H groups in total. The van der Waals surface area contributed by atoms with E-state index in [1.54, 1.807) is 17.7 Å². The fourth-order valence-corrected chi connectivity index (χ4v) is 3.35. The lowest BCUT2D eigenvalue weighted by Gasteiger charge is -2.10. The van der Waals surface area contributed by atoms with Crippen LogP contribution >= 0.6 is 11.3 Å². The molecule has 28 heavy (non-hydrogen) atoms. The monoisotopic (exact) mass is 402 g/mol. The summed E-state index contributed by atoms with van der Waals surface area (Å²) >= 11 is 1.71. The third kappa shape index (κ3) is 6.29. The Morgan fingerprint density at radius 3 is 2.39 bits per heavy atom. The number of hydrogen-bond acceptors (Lipinski definition) is 7. The number of aromatic nitrogens is 2. The normalized spacial score (nSPS) is 10.4. The van der Waals surface area contributed by atoms with Crippen molar-refractivity contribution in [1.82, 2.24) is 14.9 Å². The number of aliphatic carboxylic acids is 2. The molecule has 0 bridgehead atoms. The predicted molar refractivity (Wildman–Crippen MR) is 110 cm³/mol. The van der Waals surface area contributed by atoms with Crippen LogP contribution in [0.1, 0.15) is 6.42 Å². The van der Waals surface area contributed by atoms with Crippen LogP contribution in [-0.4, -0.2) is 64.2 Å². The topological polar surface area (TPSA) is 116 Å². The molecule has 0 amide bonds. The van der Waals surface area contributed by atoms with E-state index in [9.17, 15) is 0 Å². The Kier molecular flexibility index (Phi) is 7.85. The van der Waals surface area contributed by atoms with E-state index in [1.807, 2.05) is 6.07 Å². The average molecular weight is 402 g/mol. The van der Waals surface area contributed by atoms with Crippen LogP contribution in [0.25, 0.3) is 20.7 Å². The maximum absolute atomic E-state index is 9.10. The van der Waals surface area contributed by atoms with Crippen LogP contribution in [0.2, 0.25) is 0 Å². The van der Waals surface area contributed by atoms with E-state index in [0.29, 0.717) is 0 Å². The minimum Gasteiger partial charge on any atom is -0.473 e. The number of benzene rings is 1. The van der Waals surface area contributed by atoms with Crippen LogP contribution in [0, 0.1) is 0 Å². The Labute approximate surface area is 166 Å². The summed E-state index contributed by atoms with van der Waals surface area (Å²) in [7, 11) is 4.18. The summed E-state index contributed by atoms with van der Waals surface area (Å²) in [5.41, 5.74) is 1.23. The van der Waals surface area contributed by atoms with Crippen molar-refractivity contribution >= 4 is 39.3 Å². The Hall–Kier alpha value is -3.04. The van der Waals surface area contributed by atoms with E-state index >= 15 is 0 Å². The van der Waals surface area contributed by atoms with E-state index in [4.69, 9.17) is 19.8 Å². The quantitative estimate of drug-likeness (QED) is 0.426. The van der Waals surface area contributed by atoms with Crippen molar-refractivity contribution in [2.24, 2.45) is 0 Å². The standard InChI is InChI=1S/C17H20N4S.C2H2O4/c1-21(2)10-6-9-18-16-14-11-15(13-7-4-3-5-8-13)22-17(14)20-12-19-16;3-1(4)2(5)6/h3-5,7-8,11-12H,6,9-10H2,1-2H3,(H,18,19,20);(H,3,4)(H,5,6). The van der Waals surface area contributed by atoms with Crippen LogP contribution in [0.15, 0.2) is 42.7 Å². The Morgan fingerprint density at radius 2 is 1.79 bits per heavy atom. The second-order valence-electron chi connectivity index (χ2n) is 6.11. The summed E-state index contributed by atoms with van der Waals surface area (Å²) in [4.78, 5) is 31.5. The molecule has 0 unspecified atom stereocenters. The third-order valence-electron chi connectivity index (χ3n) is 3.65. The molecule has 0 spiro atoms. The maximum atomic E-state index is 9.10. The number of carboxylic acids is 2. The highest BCUT2D eigenvalue weighted by molar-refractivity contribution is 7.21. The Balaban J connectivity index is 0.000000409. The average Bonchev–Trinajstić information content (AvgIpc) is 3.11. The van der Waals surface area contributed by atoms with Crippen molar-refractivity contribution in [3.05, 3.63) is 42.7 Å². The van der Waals surface area contributed by atoms with Crippen molar-refractivity contribution < 1.29 is 19.8 Å². The number of rotatable bonds is 6. The molecule has 0 fully saturated rings. The van der Waals surface area contributed by atoms with Gasteiger partial charge in [0.05, 0.1) is 5.39 Å². The van der Waals surface area contributed by atoms with Gasteiger partial charge in [0.25, 0.3) is 0 Å². The van der Waals surface area contributed by atoms with Crippen LogP contribution in [0.3, 0.4) is 0 Å². The van der Waals surface area contributed by atoms with Gasteiger partial charge in [-0.05, 0) is 38.7 Å². The van der Waals surface area contributed by atoms with Gasteiger partial charge < -0.3 is 20.4 Å². The molecule has 0 saturated heterocycles. The summed E-state index contributed by atoms with van der Waals surface area (Å²) in [6.07, 6.45) is 2.73. The number of nitrogens with zero attached hydrogens (tertiary/aromatic N) is 3. The summed E-state index contributed by atoms with van der Waals surface area (Å²) in [6, 6.07) is 12.6. The largest absolute Gasteiger partial charge is 0.473 e. The molecule has 2 aromatic heterocycles. The third-order valence-corrected chi connectivity index (χ3v) is 4.74. The van der Waals surface area contributed by atoms with Crippen molar-refractivity contribution in [3.63, 3.8) is 0 Å². The molecule has 8 nitrogen and oxygen atoms in total. The molecular weight excluding hydrogens is 380 g/mol. The lowest BCUT2D eigenvalue weighted by Crippen LogP contribution is -2.16. The number of nitrogens with one attached hydrogen (secondary N) is 1. The summed E-state index contributed by atoms with van der Waals surface area (Å²) in [5.74, 6) is -2.72. The van der Waals surface area contributed by atoms with Crippen molar-refractivity contribution in [2.45, 2.75) is 6.42 Å². The second kappa shape index (κ2) is 10.3. The van der Waals surface area contributed by atoms with Gasteiger partial charge in [0.2, 0.25) is 0 Å². The molecule has 2 heterocycles. The van der Waals surface area contributed by atoms with Gasteiger partial charge >= 0.3 is 11.9 Å². The zero-order valence-electron chi connectivity index (χ0n) is 15.6. The van der Waals surface area contributed by atoms with Crippen LogP contribution < -0.4 is 5.32 Å². The Morgan fingerprint density at radius 1 is 1.11 bits per heavy atom. The van der Waals surface area contributed by atoms with E-state index < -0.39 is 11.9 Å². The number of fused-ring (bicyclic) bond motifs is 1. The molecule has 9 heteroatoms. The van der Waals surface area contributed by atoms with Gasteiger partial charge in [0.1, 0.15) is 17.0 Å². The van der Waals surface area contributed by atoms with Crippen molar-refractivity contribution in [3.8, 4) is 10.4 Å². The first-order valence-electron chi connectivity index (χ1n) is 8.53. The van der Waals surface area contributed by atoms with Gasteiger partial charge in [0.15, 0.2) is 0 Å². The molecule has 3 rings (SSSR count). The van der Waals surface area contributed by atoms with Crippen LogP contribution in [0.4, 0.5) is 5.82 Å². The number of thiophene rings is 1. The van der Waals surface area contributed by atoms with Gasteiger partial charge in [-0.15, -0.1) is 11.3 Å². The molecule has 0 aliphatic carbocycles. The first kappa shape index (κ1) is 21.3. The fraction of sp³-hybridized carbons (Fsp3) is 0.263. The molecular formula is C19H22N4O4S. The van der Waals surface area contributed by atoms with E-state index in [2.05, 4.69) is 64.6 Å². The zero-order chi connectivity index (χ0) is 20.5. The van der Waals surface area contributed by atoms with Crippen molar-refractivity contribution in [1.29, 1.82) is 0 Å². The Bertz CT molecular complexity index is 916. The predicted octanol–water partition coefficient (Wildman–Crippen LogP) is 2.88. The minimum atomic E-state index is -1.82. The van der Waals surface area contributed by atoms with Gasteiger partial charge in [0, 0.05) is 11.4 Å².